The normalized spacial score (nSPS) is 14.4. The molecular formula is C14H15ClN4. The van der Waals surface area contributed by atoms with E-state index in [1.165, 1.54) is 11.1 Å². The molecule has 1 aliphatic rings. The minimum absolute atomic E-state index is 0.227. The molecule has 0 spiro atoms. The average Bonchev–Trinajstić information content (AvgIpc) is 2.77. The molecule has 1 aromatic carbocycles. The minimum Gasteiger partial charge on any atom is -0.394 e. The summed E-state index contributed by atoms with van der Waals surface area (Å²) in [5.41, 5.74) is 10.0. The number of aromatic nitrogens is 2. The third-order valence-corrected chi connectivity index (χ3v) is 3.67. The van der Waals surface area contributed by atoms with Gasteiger partial charge in [-0.1, -0.05) is 24.3 Å². The Bertz CT molecular complexity index is 602. The number of aryl methyl sites for hydroxylation is 1. The fourth-order valence-corrected chi connectivity index (χ4v) is 2.72. The molecule has 2 aromatic rings. The topological polar surface area (TPSA) is 63.8 Å². The van der Waals surface area contributed by atoms with Crippen LogP contribution in [0, 0.1) is 6.92 Å². The van der Waals surface area contributed by atoms with E-state index < -0.39 is 0 Å². The molecule has 98 valence electrons. The monoisotopic (exact) mass is 274 g/mol. The smallest absolute Gasteiger partial charge is 0.224 e. The van der Waals surface area contributed by atoms with Crippen LogP contribution in [0.15, 0.2) is 24.3 Å². The van der Waals surface area contributed by atoms with Gasteiger partial charge in [-0.25, -0.2) is 4.98 Å². The van der Waals surface area contributed by atoms with Crippen LogP contribution < -0.4 is 11.1 Å². The van der Waals surface area contributed by atoms with Crippen LogP contribution in [0.25, 0.3) is 0 Å². The van der Waals surface area contributed by atoms with Crippen LogP contribution in [0.1, 0.15) is 16.8 Å². The Labute approximate surface area is 117 Å². The first kappa shape index (κ1) is 12.2. The molecule has 19 heavy (non-hydrogen) atoms. The maximum atomic E-state index is 5.99. The molecule has 4 nitrogen and oxygen atoms in total. The van der Waals surface area contributed by atoms with Crippen LogP contribution in [0.2, 0.25) is 5.28 Å². The Morgan fingerprint density at radius 3 is 2.47 bits per heavy atom. The number of nitrogen functional groups attached to an aromatic ring is 1. The lowest BCUT2D eigenvalue weighted by Crippen LogP contribution is -2.21. The molecule has 3 N–H and O–H groups in total. The third-order valence-electron chi connectivity index (χ3n) is 3.50. The van der Waals surface area contributed by atoms with E-state index in [1.54, 1.807) is 0 Å². The Morgan fingerprint density at radius 1 is 1.21 bits per heavy atom. The van der Waals surface area contributed by atoms with Gasteiger partial charge in [-0.15, -0.1) is 0 Å². The summed E-state index contributed by atoms with van der Waals surface area (Å²) in [6.07, 6.45) is 1.96. The highest BCUT2D eigenvalue weighted by Crippen LogP contribution is 2.27. The number of benzene rings is 1. The van der Waals surface area contributed by atoms with Crippen LogP contribution >= 0.6 is 11.6 Å². The highest BCUT2D eigenvalue weighted by atomic mass is 35.5. The number of fused-ring (bicyclic) bond motifs is 1. The zero-order valence-corrected chi connectivity index (χ0v) is 11.4. The fraction of sp³-hybridized carbons (Fsp3) is 0.286. The van der Waals surface area contributed by atoms with Crippen molar-refractivity contribution in [3.8, 4) is 0 Å². The third kappa shape index (κ3) is 2.36. The molecule has 0 bridgehead atoms. The van der Waals surface area contributed by atoms with E-state index in [-0.39, 0.29) is 5.28 Å². The molecule has 5 heteroatoms. The second kappa shape index (κ2) is 4.70. The van der Waals surface area contributed by atoms with Crippen molar-refractivity contribution in [1.29, 1.82) is 0 Å². The predicted molar refractivity (Wildman–Crippen MR) is 77.5 cm³/mol. The van der Waals surface area contributed by atoms with Crippen molar-refractivity contribution < 1.29 is 0 Å². The summed E-state index contributed by atoms with van der Waals surface area (Å²) in [6.45, 7) is 1.83. The first-order valence-corrected chi connectivity index (χ1v) is 6.64. The summed E-state index contributed by atoms with van der Waals surface area (Å²) in [5, 5.41) is 3.60. The molecule has 0 saturated heterocycles. The van der Waals surface area contributed by atoms with E-state index in [0.717, 1.165) is 12.8 Å². The molecule has 1 aliphatic carbocycles. The number of nitrogens with two attached hydrogens (primary N) is 1. The molecule has 0 saturated carbocycles. The molecule has 0 aliphatic heterocycles. The van der Waals surface area contributed by atoms with E-state index >= 15 is 0 Å². The number of hydrogen-bond acceptors (Lipinski definition) is 4. The summed E-state index contributed by atoms with van der Waals surface area (Å²) in [4.78, 5) is 8.22. The lowest BCUT2D eigenvalue weighted by Gasteiger charge is -2.15. The van der Waals surface area contributed by atoms with Gasteiger partial charge in [0.05, 0.1) is 11.4 Å². The van der Waals surface area contributed by atoms with Gasteiger partial charge in [0.15, 0.2) is 5.82 Å². The summed E-state index contributed by atoms with van der Waals surface area (Å²) in [6, 6.07) is 8.78. The number of nitrogens with zero attached hydrogens (tertiary/aromatic N) is 2. The Morgan fingerprint density at radius 2 is 1.84 bits per heavy atom. The van der Waals surface area contributed by atoms with Gasteiger partial charge in [0, 0.05) is 6.04 Å². The Balaban J connectivity index is 1.81. The molecular weight excluding hydrogens is 260 g/mol. The summed E-state index contributed by atoms with van der Waals surface area (Å²) in [7, 11) is 0. The summed E-state index contributed by atoms with van der Waals surface area (Å²) in [5.74, 6) is 0.635. The molecule has 0 atom stereocenters. The zero-order chi connectivity index (χ0) is 13.4. The zero-order valence-electron chi connectivity index (χ0n) is 10.7. The summed E-state index contributed by atoms with van der Waals surface area (Å²) >= 11 is 5.88. The van der Waals surface area contributed by atoms with E-state index in [2.05, 4.69) is 39.6 Å². The van der Waals surface area contributed by atoms with Crippen LogP contribution in [0.5, 0.6) is 0 Å². The van der Waals surface area contributed by atoms with Gasteiger partial charge < -0.3 is 11.1 Å². The molecule has 3 rings (SSSR count). The van der Waals surface area contributed by atoms with Gasteiger partial charge in [0.25, 0.3) is 0 Å². The van der Waals surface area contributed by atoms with Crippen LogP contribution in [0.4, 0.5) is 11.5 Å². The molecule has 0 fully saturated rings. The number of anilines is 2. The quantitative estimate of drug-likeness (QED) is 0.827. The van der Waals surface area contributed by atoms with Crippen molar-refractivity contribution in [1.82, 2.24) is 9.97 Å². The van der Waals surface area contributed by atoms with E-state index in [9.17, 15) is 0 Å². The lowest BCUT2D eigenvalue weighted by molar-refractivity contribution is 0.768. The summed E-state index contributed by atoms with van der Waals surface area (Å²) < 4.78 is 0. The number of halogens is 1. The van der Waals surface area contributed by atoms with Gasteiger partial charge in [0.1, 0.15) is 0 Å². The molecule has 0 amide bonds. The van der Waals surface area contributed by atoms with Gasteiger partial charge in [0.2, 0.25) is 5.28 Å². The van der Waals surface area contributed by atoms with Gasteiger partial charge >= 0.3 is 0 Å². The first-order chi connectivity index (χ1) is 9.13. The second-order valence-corrected chi connectivity index (χ2v) is 5.20. The number of nitrogens with one attached hydrogen (secondary N) is 1. The molecule has 0 unspecified atom stereocenters. The predicted octanol–water partition coefficient (Wildman–Crippen LogP) is 2.60. The van der Waals surface area contributed by atoms with Gasteiger partial charge in [-0.2, -0.15) is 4.98 Å². The number of hydrogen-bond donors (Lipinski definition) is 2. The lowest BCUT2D eigenvalue weighted by atomic mass is 10.1. The minimum atomic E-state index is 0.227. The number of rotatable bonds is 2. The SMILES string of the molecule is Cc1nc(Cl)nc(NC2Cc3ccccc3C2)c1N. The average molecular weight is 275 g/mol. The van der Waals surface area contributed by atoms with E-state index in [1.807, 2.05) is 6.92 Å². The van der Waals surface area contributed by atoms with Crippen LogP contribution in [-0.2, 0) is 12.8 Å². The molecule has 1 aromatic heterocycles. The van der Waals surface area contributed by atoms with Crippen molar-refractivity contribution in [3.05, 3.63) is 46.4 Å². The van der Waals surface area contributed by atoms with E-state index in [0.29, 0.717) is 23.2 Å². The van der Waals surface area contributed by atoms with Crippen molar-refractivity contribution in [2.45, 2.75) is 25.8 Å². The van der Waals surface area contributed by atoms with Crippen molar-refractivity contribution in [3.63, 3.8) is 0 Å². The van der Waals surface area contributed by atoms with Gasteiger partial charge in [-0.3, -0.25) is 0 Å². The Hall–Kier alpha value is -1.81. The Kier molecular flexibility index (Phi) is 3.03. The van der Waals surface area contributed by atoms with Crippen molar-refractivity contribution in [2.75, 3.05) is 11.1 Å². The molecule has 1 heterocycles. The maximum Gasteiger partial charge on any atom is 0.224 e. The largest absolute Gasteiger partial charge is 0.394 e. The first-order valence-electron chi connectivity index (χ1n) is 6.26. The highest BCUT2D eigenvalue weighted by Gasteiger charge is 2.22. The van der Waals surface area contributed by atoms with Crippen molar-refractivity contribution >= 4 is 23.1 Å². The standard InChI is InChI=1S/C14H15ClN4/c1-8-12(16)13(19-14(15)17-8)18-11-6-9-4-2-3-5-10(9)7-11/h2-5,11H,6-7,16H2,1H3,(H,17,18,19). The maximum absolute atomic E-state index is 5.99. The van der Waals surface area contributed by atoms with Crippen LogP contribution in [0.3, 0.4) is 0 Å². The molecule has 0 radical (unpaired) electrons. The van der Waals surface area contributed by atoms with E-state index in [4.69, 9.17) is 17.3 Å². The van der Waals surface area contributed by atoms with Crippen LogP contribution in [-0.4, -0.2) is 16.0 Å². The van der Waals surface area contributed by atoms with Gasteiger partial charge in [-0.05, 0) is 42.5 Å². The highest BCUT2D eigenvalue weighted by molar-refractivity contribution is 6.28. The fourth-order valence-electron chi connectivity index (χ4n) is 2.51. The van der Waals surface area contributed by atoms with Crippen molar-refractivity contribution in [2.24, 2.45) is 0 Å². The second-order valence-electron chi connectivity index (χ2n) is 4.86.